The van der Waals surface area contributed by atoms with Crippen LogP contribution in [0.3, 0.4) is 0 Å². The van der Waals surface area contributed by atoms with Crippen LogP contribution in [0.1, 0.15) is 31.4 Å². The number of urea groups is 1. The Hall–Kier alpha value is -0.970. The summed E-state index contributed by atoms with van der Waals surface area (Å²) < 4.78 is 0. The molecule has 0 unspecified atom stereocenters. The molecule has 2 aliphatic heterocycles. The fraction of sp³-hybridized carbons (Fsp3) is 0.562. The number of carbonyl (C=O) groups excluding carboxylic acids is 1. The molecule has 0 saturated carbocycles. The van der Waals surface area contributed by atoms with E-state index in [4.69, 9.17) is 23.2 Å². The second-order valence-corrected chi connectivity index (χ2v) is 6.86. The monoisotopic (exact) mass is 341 g/mol. The molecular weight excluding hydrogens is 321 g/mol. The van der Waals surface area contributed by atoms with Crippen LogP contribution in [0.5, 0.6) is 0 Å². The highest BCUT2D eigenvalue weighted by molar-refractivity contribution is 6.42. The van der Waals surface area contributed by atoms with Crippen LogP contribution in [0.15, 0.2) is 18.2 Å². The first kappa shape index (κ1) is 15.9. The number of piperidine rings is 1. The zero-order valence-electron chi connectivity index (χ0n) is 12.7. The molecule has 0 radical (unpaired) electrons. The Labute approximate surface area is 141 Å². The molecule has 2 saturated heterocycles. The van der Waals surface area contributed by atoms with E-state index in [2.05, 4.69) is 17.1 Å². The lowest BCUT2D eigenvalue weighted by Crippen LogP contribution is -2.46. The van der Waals surface area contributed by atoms with Crippen LogP contribution in [0.4, 0.5) is 4.79 Å². The third-order valence-electron chi connectivity index (χ3n) is 4.80. The van der Waals surface area contributed by atoms with E-state index in [0.29, 0.717) is 22.1 Å². The minimum atomic E-state index is 0.0935. The van der Waals surface area contributed by atoms with Crippen molar-refractivity contribution < 1.29 is 4.79 Å². The van der Waals surface area contributed by atoms with Crippen molar-refractivity contribution in [3.05, 3.63) is 33.8 Å². The Morgan fingerprint density at radius 1 is 1.18 bits per heavy atom. The van der Waals surface area contributed by atoms with Gasteiger partial charge in [-0.15, -0.1) is 0 Å². The maximum atomic E-state index is 11.8. The molecule has 0 aliphatic carbocycles. The Kier molecular flexibility index (Phi) is 4.81. The fourth-order valence-electron chi connectivity index (χ4n) is 3.40. The highest BCUT2D eigenvalue weighted by Crippen LogP contribution is 2.30. The van der Waals surface area contributed by atoms with E-state index in [1.165, 1.54) is 5.56 Å². The van der Waals surface area contributed by atoms with Gasteiger partial charge in [0.2, 0.25) is 0 Å². The van der Waals surface area contributed by atoms with Gasteiger partial charge in [0.15, 0.2) is 0 Å². The summed E-state index contributed by atoms with van der Waals surface area (Å²) in [6.07, 6.45) is 2.05. The first-order valence-electron chi connectivity index (χ1n) is 7.79. The largest absolute Gasteiger partial charge is 0.336 e. The maximum absolute atomic E-state index is 11.8. The Morgan fingerprint density at radius 2 is 1.91 bits per heavy atom. The number of carbonyl (C=O) groups is 1. The minimum absolute atomic E-state index is 0.0935. The van der Waals surface area contributed by atoms with Crippen molar-refractivity contribution in [1.82, 2.24) is 15.1 Å². The zero-order valence-corrected chi connectivity index (χ0v) is 14.2. The second-order valence-electron chi connectivity index (χ2n) is 6.04. The van der Waals surface area contributed by atoms with Crippen molar-refractivity contribution in [1.29, 1.82) is 0 Å². The number of hydrogen-bond donors (Lipinski definition) is 1. The SMILES string of the molecule is C[C@H](c1ccc(Cl)c(Cl)c1)N1CCC(N2CCNC2=O)CC1. The molecule has 2 amide bonds. The van der Waals surface area contributed by atoms with Gasteiger partial charge in [-0.3, -0.25) is 4.90 Å². The Morgan fingerprint density at radius 3 is 2.50 bits per heavy atom. The summed E-state index contributed by atoms with van der Waals surface area (Å²) >= 11 is 12.1. The Balaban J connectivity index is 1.60. The summed E-state index contributed by atoms with van der Waals surface area (Å²) in [5.41, 5.74) is 1.19. The molecule has 2 fully saturated rings. The molecule has 1 N–H and O–H groups in total. The van der Waals surface area contributed by atoms with Crippen LogP contribution in [-0.4, -0.2) is 48.1 Å². The lowest BCUT2D eigenvalue weighted by atomic mass is 9.99. The summed E-state index contributed by atoms with van der Waals surface area (Å²) in [7, 11) is 0. The van der Waals surface area contributed by atoms with Gasteiger partial charge in [0, 0.05) is 38.3 Å². The van der Waals surface area contributed by atoms with Crippen molar-refractivity contribution >= 4 is 29.2 Å². The molecule has 22 heavy (non-hydrogen) atoms. The molecule has 1 atom stereocenters. The number of rotatable bonds is 3. The summed E-state index contributed by atoms with van der Waals surface area (Å²) in [6, 6.07) is 6.63. The molecule has 1 aromatic rings. The van der Waals surface area contributed by atoms with Crippen molar-refractivity contribution in [2.75, 3.05) is 26.2 Å². The van der Waals surface area contributed by atoms with Crippen LogP contribution in [0.25, 0.3) is 0 Å². The number of likely N-dealkylation sites (tertiary alicyclic amines) is 1. The first-order chi connectivity index (χ1) is 10.6. The summed E-state index contributed by atoms with van der Waals surface area (Å²) in [5, 5.41) is 4.08. The van der Waals surface area contributed by atoms with Gasteiger partial charge in [-0.1, -0.05) is 29.3 Å². The minimum Gasteiger partial charge on any atom is -0.336 e. The molecule has 2 aliphatic rings. The quantitative estimate of drug-likeness (QED) is 0.912. The standard InChI is InChI=1S/C16H21Cl2N3O/c1-11(12-2-3-14(17)15(18)10-12)20-7-4-13(5-8-20)21-9-6-19-16(21)22/h2-3,10-11,13H,4-9H2,1H3,(H,19,22)/t11-/m1/s1. The van der Waals surface area contributed by atoms with Gasteiger partial charge in [-0.2, -0.15) is 0 Å². The van der Waals surface area contributed by atoms with Gasteiger partial charge < -0.3 is 10.2 Å². The molecule has 3 rings (SSSR count). The van der Waals surface area contributed by atoms with Crippen molar-refractivity contribution in [2.45, 2.75) is 31.8 Å². The molecule has 1 aromatic carbocycles. The van der Waals surface area contributed by atoms with E-state index in [1.54, 1.807) is 0 Å². The second kappa shape index (κ2) is 6.65. The summed E-state index contributed by atoms with van der Waals surface area (Å²) in [6.45, 7) is 5.80. The molecular formula is C16H21Cl2N3O. The first-order valence-corrected chi connectivity index (χ1v) is 8.55. The average Bonchev–Trinajstić information content (AvgIpc) is 2.95. The molecule has 0 spiro atoms. The van der Waals surface area contributed by atoms with Gasteiger partial charge in [-0.25, -0.2) is 4.79 Å². The number of halogens is 2. The van der Waals surface area contributed by atoms with Crippen LogP contribution in [0.2, 0.25) is 10.0 Å². The van der Waals surface area contributed by atoms with E-state index < -0.39 is 0 Å². The number of benzene rings is 1. The Bertz CT molecular complexity index is 558. The maximum Gasteiger partial charge on any atom is 0.317 e. The van der Waals surface area contributed by atoms with E-state index >= 15 is 0 Å². The highest BCUT2D eigenvalue weighted by Gasteiger charge is 2.31. The van der Waals surface area contributed by atoms with E-state index in [9.17, 15) is 4.79 Å². The van der Waals surface area contributed by atoms with Crippen LogP contribution >= 0.6 is 23.2 Å². The number of nitrogens with one attached hydrogen (secondary N) is 1. The fourth-order valence-corrected chi connectivity index (χ4v) is 3.71. The van der Waals surface area contributed by atoms with Crippen molar-refractivity contribution in [3.8, 4) is 0 Å². The number of amides is 2. The van der Waals surface area contributed by atoms with E-state index in [1.807, 2.05) is 23.1 Å². The third kappa shape index (κ3) is 3.19. The van der Waals surface area contributed by atoms with Gasteiger partial charge in [0.25, 0.3) is 0 Å². The number of hydrogen-bond acceptors (Lipinski definition) is 2. The zero-order chi connectivity index (χ0) is 15.7. The molecule has 2 heterocycles. The van der Waals surface area contributed by atoms with Crippen LogP contribution < -0.4 is 5.32 Å². The van der Waals surface area contributed by atoms with Gasteiger partial charge in [0.05, 0.1) is 10.0 Å². The molecule has 6 heteroatoms. The van der Waals surface area contributed by atoms with Crippen LogP contribution in [-0.2, 0) is 0 Å². The van der Waals surface area contributed by atoms with Gasteiger partial charge >= 0.3 is 6.03 Å². The van der Waals surface area contributed by atoms with Crippen molar-refractivity contribution in [2.24, 2.45) is 0 Å². The number of nitrogens with zero attached hydrogens (tertiary/aromatic N) is 2. The topological polar surface area (TPSA) is 35.6 Å². The van der Waals surface area contributed by atoms with Gasteiger partial charge in [-0.05, 0) is 37.5 Å². The van der Waals surface area contributed by atoms with E-state index in [0.717, 1.165) is 39.0 Å². The molecule has 0 aromatic heterocycles. The summed E-state index contributed by atoms with van der Waals surface area (Å²) in [5.74, 6) is 0. The lowest BCUT2D eigenvalue weighted by molar-refractivity contribution is 0.111. The third-order valence-corrected chi connectivity index (χ3v) is 5.54. The van der Waals surface area contributed by atoms with Crippen molar-refractivity contribution in [3.63, 3.8) is 0 Å². The predicted octanol–water partition coefficient (Wildman–Crippen LogP) is 3.54. The van der Waals surface area contributed by atoms with E-state index in [-0.39, 0.29) is 6.03 Å². The molecule has 120 valence electrons. The predicted molar refractivity (Wildman–Crippen MR) is 89.6 cm³/mol. The summed E-state index contributed by atoms with van der Waals surface area (Å²) in [4.78, 5) is 16.2. The van der Waals surface area contributed by atoms with Gasteiger partial charge in [0.1, 0.15) is 0 Å². The highest BCUT2D eigenvalue weighted by atomic mass is 35.5. The van der Waals surface area contributed by atoms with Crippen LogP contribution in [0, 0.1) is 0 Å². The normalized spacial score (nSPS) is 22.0. The molecule has 0 bridgehead atoms. The molecule has 4 nitrogen and oxygen atoms in total. The average molecular weight is 342 g/mol. The smallest absolute Gasteiger partial charge is 0.317 e. The lowest BCUT2D eigenvalue weighted by Gasteiger charge is -2.39.